The molecular formula is C8H17ClO. The lowest BCUT2D eigenvalue weighted by atomic mass is 10.1. The van der Waals surface area contributed by atoms with Crippen molar-refractivity contribution in [3.63, 3.8) is 0 Å². The minimum Gasteiger partial charge on any atom is -0.300 e. The number of rotatable bonds is 5. The van der Waals surface area contributed by atoms with Crippen molar-refractivity contribution in [2.24, 2.45) is 0 Å². The van der Waals surface area contributed by atoms with Crippen LogP contribution in [-0.4, -0.2) is 5.78 Å². The minimum absolute atomic E-state index is 0. The number of ketones is 1. The highest BCUT2D eigenvalue weighted by atomic mass is 35.5. The van der Waals surface area contributed by atoms with Crippen LogP contribution in [0.15, 0.2) is 0 Å². The number of unbranched alkanes of at least 4 members (excludes halogenated alkanes) is 3. The Hall–Kier alpha value is -0.0400. The lowest BCUT2D eigenvalue weighted by molar-refractivity contribution is -0.117. The number of carbonyl (C=O) groups is 1. The molecular weight excluding hydrogens is 148 g/mol. The minimum atomic E-state index is 0. The molecule has 0 heterocycles. The van der Waals surface area contributed by atoms with Gasteiger partial charge in [-0.25, -0.2) is 0 Å². The number of halogens is 1. The van der Waals surface area contributed by atoms with Crippen LogP contribution in [0.25, 0.3) is 0 Å². The Morgan fingerprint density at radius 2 is 1.80 bits per heavy atom. The smallest absolute Gasteiger partial charge is 0.129 e. The lowest BCUT2D eigenvalue weighted by Crippen LogP contribution is -1.88. The zero-order chi connectivity index (χ0) is 7.11. The maximum atomic E-state index is 10.4. The standard InChI is InChI=1S/C8H16O.ClH/c1-3-4-5-6-7-8(2)9;/h3-7H2,1-2H3;1H. The molecule has 0 aliphatic heterocycles. The highest BCUT2D eigenvalue weighted by Crippen LogP contribution is 2.01. The van der Waals surface area contributed by atoms with E-state index >= 15 is 0 Å². The molecule has 10 heavy (non-hydrogen) atoms. The van der Waals surface area contributed by atoms with Gasteiger partial charge in [0.25, 0.3) is 0 Å². The Balaban J connectivity index is 0. The maximum absolute atomic E-state index is 10.4. The fourth-order valence-electron chi connectivity index (χ4n) is 0.801. The predicted octanol–water partition coefficient (Wildman–Crippen LogP) is 2.97. The Morgan fingerprint density at radius 3 is 2.20 bits per heavy atom. The summed E-state index contributed by atoms with van der Waals surface area (Å²) in [7, 11) is 0. The van der Waals surface area contributed by atoms with Crippen LogP contribution in [0.5, 0.6) is 0 Å². The average molecular weight is 165 g/mol. The summed E-state index contributed by atoms with van der Waals surface area (Å²) in [5.41, 5.74) is 0. The van der Waals surface area contributed by atoms with E-state index in [1.54, 1.807) is 6.92 Å². The van der Waals surface area contributed by atoms with Crippen LogP contribution in [0.3, 0.4) is 0 Å². The predicted molar refractivity (Wildman–Crippen MR) is 46.7 cm³/mol. The first-order chi connectivity index (χ1) is 4.27. The van der Waals surface area contributed by atoms with Gasteiger partial charge in [-0.15, -0.1) is 12.4 Å². The second kappa shape index (κ2) is 8.96. The normalized spacial score (nSPS) is 8.60. The van der Waals surface area contributed by atoms with Gasteiger partial charge in [0, 0.05) is 6.42 Å². The van der Waals surface area contributed by atoms with Crippen molar-refractivity contribution in [3.8, 4) is 0 Å². The van der Waals surface area contributed by atoms with Crippen molar-refractivity contribution in [1.29, 1.82) is 0 Å². The summed E-state index contributed by atoms with van der Waals surface area (Å²) in [6.45, 7) is 3.83. The Kier molecular flexibility index (Phi) is 11.3. The van der Waals surface area contributed by atoms with Gasteiger partial charge < -0.3 is 4.79 Å². The molecule has 0 aliphatic carbocycles. The van der Waals surface area contributed by atoms with Gasteiger partial charge in [-0.2, -0.15) is 0 Å². The van der Waals surface area contributed by atoms with E-state index in [1.165, 1.54) is 19.3 Å². The SMILES string of the molecule is CCCCCCC(C)=O.Cl. The van der Waals surface area contributed by atoms with E-state index in [0.717, 1.165) is 12.8 Å². The second-order valence-corrected chi connectivity index (χ2v) is 2.51. The van der Waals surface area contributed by atoms with E-state index in [-0.39, 0.29) is 12.4 Å². The van der Waals surface area contributed by atoms with Crippen LogP contribution in [0.4, 0.5) is 0 Å². The molecule has 0 aromatic heterocycles. The zero-order valence-corrected chi connectivity index (χ0v) is 7.67. The van der Waals surface area contributed by atoms with Crippen molar-refractivity contribution >= 4 is 18.2 Å². The van der Waals surface area contributed by atoms with Gasteiger partial charge in [-0.05, 0) is 13.3 Å². The second-order valence-electron chi connectivity index (χ2n) is 2.51. The van der Waals surface area contributed by atoms with Crippen molar-refractivity contribution in [1.82, 2.24) is 0 Å². The Bertz CT molecular complexity index is 81.3. The van der Waals surface area contributed by atoms with Crippen molar-refractivity contribution in [2.45, 2.75) is 46.0 Å². The molecule has 0 aromatic carbocycles. The molecule has 0 radical (unpaired) electrons. The first-order valence-electron chi connectivity index (χ1n) is 3.76. The Labute approximate surface area is 69.6 Å². The summed E-state index contributed by atoms with van der Waals surface area (Å²) in [6.07, 6.45) is 5.60. The number of hydrogen-bond donors (Lipinski definition) is 0. The summed E-state index contributed by atoms with van der Waals surface area (Å²) in [5.74, 6) is 0.325. The van der Waals surface area contributed by atoms with E-state index in [0.29, 0.717) is 5.78 Å². The van der Waals surface area contributed by atoms with E-state index < -0.39 is 0 Å². The highest BCUT2D eigenvalue weighted by molar-refractivity contribution is 5.85. The fourth-order valence-corrected chi connectivity index (χ4v) is 0.801. The van der Waals surface area contributed by atoms with E-state index in [2.05, 4.69) is 6.92 Å². The van der Waals surface area contributed by atoms with E-state index in [1.807, 2.05) is 0 Å². The molecule has 0 bridgehead atoms. The zero-order valence-electron chi connectivity index (χ0n) is 6.85. The average Bonchev–Trinajstić information content (AvgIpc) is 1.80. The molecule has 0 saturated carbocycles. The molecule has 0 aromatic rings. The molecule has 0 fully saturated rings. The molecule has 0 amide bonds. The van der Waals surface area contributed by atoms with Crippen LogP contribution in [0, 0.1) is 0 Å². The molecule has 0 aliphatic rings. The summed E-state index contributed by atoms with van der Waals surface area (Å²) in [5, 5.41) is 0. The van der Waals surface area contributed by atoms with E-state index in [9.17, 15) is 4.79 Å². The quantitative estimate of drug-likeness (QED) is 0.571. The van der Waals surface area contributed by atoms with Crippen LogP contribution in [0.1, 0.15) is 46.0 Å². The van der Waals surface area contributed by atoms with Gasteiger partial charge >= 0.3 is 0 Å². The lowest BCUT2D eigenvalue weighted by Gasteiger charge is -1.93. The van der Waals surface area contributed by atoms with Crippen LogP contribution < -0.4 is 0 Å². The van der Waals surface area contributed by atoms with Crippen LogP contribution in [0.2, 0.25) is 0 Å². The largest absolute Gasteiger partial charge is 0.300 e. The number of Topliss-reactive ketones (excluding diaryl/α,β-unsaturated/α-hetero) is 1. The van der Waals surface area contributed by atoms with Crippen molar-refractivity contribution in [2.75, 3.05) is 0 Å². The summed E-state index contributed by atoms with van der Waals surface area (Å²) < 4.78 is 0. The third-order valence-corrected chi connectivity index (χ3v) is 1.38. The molecule has 0 N–H and O–H groups in total. The molecule has 1 nitrogen and oxygen atoms in total. The fraction of sp³-hybridized carbons (Fsp3) is 0.875. The molecule has 0 unspecified atom stereocenters. The van der Waals surface area contributed by atoms with Gasteiger partial charge in [0.05, 0.1) is 0 Å². The molecule has 0 spiro atoms. The van der Waals surface area contributed by atoms with E-state index in [4.69, 9.17) is 0 Å². The molecule has 2 heteroatoms. The molecule has 0 saturated heterocycles. The van der Waals surface area contributed by atoms with Gasteiger partial charge in [0.2, 0.25) is 0 Å². The Morgan fingerprint density at radius 1 is 1.20 bits per heavy atom. The first kappa shape index (κ1) is 12.6. The van der Waals surface area contributed by atoms with Crippen molar-refractivity contribution in [3.05, 3.63) is 0 Å². The maximum Gasteiger partial charge on any atom is 0.129 e. The van der Waals surface area contributed by atoms with Gasteiger partial charge in [0.1, 0.15) is 5.78 Å². The summed E-state index contributed by atoms with van der Waals surface area (Å²) >= 11 is 0. The van der Waals surface area contributed by atoms with Crippen molar-refractivity contribution < 1.29 is 4.79 Å². The van der Waals surface area contributed by atoms with Crippen LogP contribution in [-0.2, 0) is 4.79 Å². The third kappa shape index (κ3) is 10.9. The number of carbonyl (C=O) groups excluding carboxylic acids is 1. The van der Waals surface area contributed by atoms with Gasteiger partial charge in [-0.1, -0.05) is 26.2 Å². The number of hydrogen-bond acceptors (Lipinski definition) is 1. The molecule has 0 rings (SSSR count). The highest BCUT2D eigenvalue weighted by Gasteiger charge is 1.91. The van der Waals surface area contributed by atoms with Gasteiger partial charge in [-0.3, -0.25) is 0 Å². The van der Waals surface area contributed by atoms with Gasteiger partial charge in [0.15, 0.2) is 0 Å². The molecule has 0 atom stereocenters. The topological polar surface area (TPSA) is 17.1 Å². The van der Waals surface area contributed by atoms with Crippen LogP contribution >= 0.6 is 12.4 Å². The summed E-state index contributed by atoms with van der Waals surface area (Å²) in [6, 6.07) is 0. The first-order valence-corrected chi connectivity index (χ1v) is 3.76. The summed E-state index contributed by atoms with van der Waals surface area (Å²) in [4.78, 5) is 10.4. The molecule has 62 valence electrons. The third-order valence-electron chi connectivity index (χ3n) is 1.38. The monoisotopic (exact) mass is 164 g/mol.